The van der Waals surface area contributed by atoms with Crippen molar-refractivity contribution >= 4 is 22.8 Å². The molecule has 4 rings (SSSR count). The lowest BCUT2D eigenvalue weighted by Gasteiger charge is -2.35. The molecule has 1 amide bonds. The molecule has 1 aliphatic heterocycles. The number of rotatable bonds is 4. The Morgan fingerprint density at radius 1 is 1.31 bits per heavy atom. The Morgan fingerprint density at radius 3 is 2.93 bits per heavy atom. The summed E-state index contributed by atoms with van der Waals surface area (Å²) in [6.07, 6.45) is 1.67. The van der Waals surface area contributed by atoms with E-state index in [2.05, 4.69) is 19.9 Å². The van der Waals surface area contributed by atoms with Crippen molar-refractivity contribution in [1.29, 1.82) is 0 Å². The number of pyridine rings is 1. The van der Waals surface area contributed by atoms with E-state index in [0.717, 1.165) is 10.9 Å². The number of carbonyl (C=O) groups excluding carboxylic acids is 1. The zero-order valence-electron chi connectivity index (χ0n) is 15.6. The van der Waals surface area contributed by atoms with E-state index in [1.165, 1.54) is 0 Å². The maximum Gasteiger partial charge on any atom is 0.405 e. The molecule has 0 saturated carbocycles. The summed E-state index contributed by atoms with van der Waals surface area (Å²) in [7, 11) is 0. The third kappa shape index (κ3) is 3.62. The van der Waals surface area contributed by atoms with Gasteiger partial charge in [0.05, 0.1) is 0 Å². The van der Waals surface area contributed by atoms with E-state index in [1.54, 1.807) is 36.5 Å². The van der Waals surface area contributed by atoms with Gasteiger partial charge in [-0.15, -0.1) is 0 Å². The standard InChI is InChI=1S/C19H19F3N6O/c1-18(17(29)26-11-19(20,21)22)6-3-9-28(18)14-5-8-24-16(27-14)13-10-25-15-12(13)4-2-7-23-15/h2,4-5,7-8,10H,3,6,9,11H2,1H3,(H,23,25)(H,26,29)/t18-/m1/s1. The Morgan fingerprint density at radius 2 is 2.14 bits per heavy atom. The first kappa shape index (κ1) is 19.2. The molecule has 1 atom stereocenters. The average Bonchev–Trinajstić information content (AvgIpc) is 3.30. The normalized spacial score (nSPS) is 19.7. The number of hydrogen-bond acceptors (Lipinski definition) is 5. The lowest BCUT2D eigenvalue weighted by Crippen LogP contribution is -2.55. The summed E-state index contributed by atoms with van der Waals surface area (Å²) in [5, 5.41) is 2.87. The Balaban J connectivity index is 1.64. The third-order valence-electron chi connectivity index (χ3n) is 5.19. The summed E-state index contributed by atoms with van der Waals surface area (Å²) < 4.78 is 37.6. The fourth-order valence-electron chi connectivity index (χ4n) is 3.71. The molecule has 0 unspecified atom stereocenters. The van der Waals surface area contributed by atoms with Crippen LogP contribution in [0.15, 0.2) is 36.8 Å². The molecule has 4 heterocycles. The predicted molar refractivity (Wildman–Crippen MR) is 101 cm³/mol. The fraction of sp³-hybridized carbons (Fsp3) is 0.368. The van der Waals surface area contributed by atoms with Crippen LogP contribution in [-0.4, -0.2) is 50.6 Å². The molecule has 2 N–H and O–H groups in total. The van der Waals surface area contributed by atoms with E-state index in [0.29, 0.717) is 36.7 Å². The van der Waals surface area contributed by atoms with Crippen molar-refractivity contribution in [3.05, 3.63) is 36.8 Å². The van der Waals surface area contributed by atoms with Gasteiger partial charge < -0.3 is 15.2 Å². The van der Waals surface area contributed by atoms with Crippen LogP contribution in [0.4, 0.5) is 19.0 Å². The number of nitrogens with one attached hydrogen (secondary N) is 2. The van der Waals surface area contributed by atoms with Gasteiger partial charge in [0.25, 0.3) is 0 Å². The van der Waals surface area contributed by atoms with Crippen LogP contribution in [0, 0.1) is 0 Å². The molecule has 1 saturated heterocycles. The van der Waals surface area contributed by atoms with Gasteiger partial charge in [-0.05, 0) is 38.0 Å². The SMILES string of the molecule is C[C@]1(C(=O)NCC(F)(F)F)CCCN1c1ccnc(-c2c[nH]c3ncccc23)n1. The number of amides is 1. The van der Waals surface area contributed by atoms with Gasteiger partial charge in [-0.25, -0.2) is 15.0 Å². The lowest BCUT2D eigenvalue weighted by atomic mass is 9.97. The summed E-state index contributed by atoms with van der Waals surface area (Å²) in [6.45, 7) is 0.803. The van der Waals surface area contributed by atoms with Crippen molar-refractivity contribution in [2.75, 3.05) is 18.0 Å². The molecule has 0 aliphatic carbocycles. The number of halogens is 3. The quantitative estimate of drug-likeness (QED) is 0.698. The molecule has 1 aliphatic rings. The molecule has 0 radical (unpaired) electrons. The number of nitrogens with zero attached hydrogens (tertiary/aromatic N) is 4. The van der Waals surface area contributed by atoms with E-state index < -0.39 is 24.2 Å². The van der Waals surface area contributed by atoms with Crippen molar-refractivity contribution < 1.29 is 18.0 Å². The molecular weight excluding hydrogens is 385 g/mol. The molecule has 0 aromatic carbocycles. The molecule has 29 heavy (non-hydrogen) atoms. The molecule has 7 nitrogen and oxygen atoms in total. The zero-order chi connectivity index (χ0) is 20.6. The molecule has 152 valence electrons. The largest absolute Gasteiger partial charge is 0.405 e. The number of alkyl halides is 3. The van der Waals surface area contributed by atoms with Crippen LogP contribution in [0.3, 0.4) is 0 Å². The number of H-pyrrole nitrogens is 1. The van der Waals surface area contributed by atoms with E-state index in [9.17, 15) is 18.0 Å². The summed E-state index contributed by atoms with van der Waals surface area (Å²) in [4.78, 5) is 30.6. The maximum absolute atomic E-state index is 12.6. The molecule has 3 aromatic heterocycles. The van der Waals surface area contributed by atoms with E-state index in [4.69, 9.17) is 0 Å². The number of aromatic amines is 1. The van der Waals surface area contributed by atoms with Crippen molar-refractivity contribution in [2.45, 2.75) is 31.5 Å². The Bertz CT molecular complexity index is 1050. The van der Waals surface area contributed by atoms with Gasteiger partial charge in [0.2, 0.25) is 5.91 Å². The second kappa shape index (κ2) is 7.02. The van der Waals surface area contributed by atoms with Crippen LogP contribution in [0.1, 0.15) is 19.8 Å². The highest BCUT2D eigenvalue weighted by Gasteiger charge is 2.45. The van der Waals surface area contributed by atoms with Gasteiger partial charge in [0.15, 0.2) is 5.82 Å². The van der Waals surface area contributed by atoms with Gasteiger partial charge in [-0.3, -0.25) is 4.79 Å². The number of hydrogen-bond donors (Lipinski definition) is 2. The van der Waals surface area contributed by atoms with E-state index in [1.807, 2.05) is 17.4 Å². The molecule has 0 bridgehead atoms. The minimum Gasteiger partial charge on any atom is -0.345 e. The highest BCUT2D eigenvalue weighted by atomic mass is 19.4. The molecule has 0 spiro atoms. The van der Waals surface area contributed by atoms with Crippen LogP contribution < -0.4 is 10.2 Å². The first-order valence-corrected chi connectivity index (χ1v) is 9.16. The second-order valence-electron chi connectivity index (χ2n) is 7.17. The zero-order valence-corrected chi connectivity index (χ0v) is 15.6. The smallest absolute Gasteiger partial charge is 0.345 e. The monoisotopic (exact) mass is 404 g/mol. The topological polar surface area (TPSA) is 86.8 Å². The minimum atomic E-state index is -4.46. The van der Waals surface area contributed by atoms with Crippen molar-refractivity contribution in [3.63, 3.8) is 0 Å². The Hall–Kier alpha value is -3.17. The number of carbonyl (C=O) groups is 1. The van der Waals surface area contributed by atoms with Crippen LogP contribution in [0.2, 0.25) is 0 Å². The van der Waals surface area contributed by atoms with E-state index >= 15 is 0 Å². The molecule has 1 fully saturated rings. The van der Waals surface area contributed by atoms with Crippen LogP contribution >= 0.6 is 0 Å². The molecular formula is C19H19F3N6O. The minimum absolute atomic E-state index is 0.438. The number of aromatic nitrogens is 4. The van der Waals surface area contributed by atoms with Crippen LogP contribution in [0.25, 0.3) is 22.4 Å². The first-order valence-electron chi connectivity index (χ1n) is 9.16. The number of anilines is 1. The van der Waals surface area contributed by atoms with Crippen LogP contribution in [0.5, 0.6) is 0 Å². The first-order chi connectivity index (χ1) is 13.8. The predicted octanol–water partition coefficient (Wildman–Crippen LogP) is 3.06. The second-order valence-corrected chi connectivity index (χ2v) is 7.17. The van der Waals surface area contributed by atoms with Gasteiger partial charge in [-0.1, -0.05) is 0 Å². The summed E-state index contributed by atoms with van der Waals surface area (Å²) in [5.41, 5.74) is 0.352. The summed E-state index contributed by atoms with van der Waals surface area (Å²) in [6, 6.07) is 5.37. The van der Waals surface area contributed by atoms with Gasteiger partial charge in [-0.2, -0.15) is 13.2 Å². The third-order valence-corrected chi connectivity index (χ3v) is 5.19. The Labute approximate surface area is 164 Å². The molecule has 3 aromatic rings. The van der Waals surface area contributed by atoms with E-state index in [-0.39, 0.29) is 0 Å². The fourth-order valence-corrected chi connectivity index (χ4v) is 3.71. The van der Waals surface area contributed by atoms with Gasteiger partial charge in [0, 0.05) is 36.1 Å². The lowest BCUT2D eigenvalue weighted by molar-refractivity contribution is -0.141. The summed E-state index contributed by atoms with van der Waals surface area (Å²) in [5.74, 6) is 0.283. The molecule has 10 heteroatoms. The number of fused-ring (bicyclic) bond motifs is 1. The van der Waals surface area contributed by atoms with Crippen LogP contribution in [-0.2, 0) is 4.79 Å². The van der Waals surface area contributed by atoms with Crippen molar-refractivity contribution in [3.8, 4) is 11.4 Å². The van der Waals surface area contributed by atoms with Crippen molar-refractivity contribution in [1.82, 2.24) is 25.3 Å². The summed E-state index contributed by atoms with van der Waals surface area (Å²) >= 11 is 0. The Kier molecular flexibility index (Phi) is 4.64. The highest BCUT2D eigenvalue weighted by molar-refractivity contribution is 5.92. The highest BCUT2D eigenvalue weighted by Crippen LogP contribution is 2.34. The van der Waals surface area contributed by atoms with Gasteiger partial charge >= 0.3 is 6.18 Å². The average molecular weight is 404 g/mol. The van der Waals surface area contributed by atoms with Crippen molar-refractivity contribution in [2.24, 2.45) is 0 Å². The van der Waals surface area contributed by atoms with Gasteiger partial charge in [0.1, 0.15) is 23.5 Å². The maximum atomic E-state index is 12.6.